The molecule has 0 unspecified atom stereocenters. The number of halogens is 3. The molecule has 0 spiro atoms. The van der Waals surface area contributed by atoms with E-state index in [1.165, 1.54) is 11.1 Å². The molecule has 9 heteroatoms. The SMILES string of the molecule is O=C(c1ccncc1C(F)(F)F)N1CCC(C(=O)N2CCOCC2)CC1. The molecule has 2 amide bonds. The molecule has 2 aliphatic heterocycles. The van der Waals surface area contributed by atoms with Crippen LogP contribution in [0.2, 0.25) is 0 Å². The Morgan fingerprint density at radius 3 is 2.35 bits per heavy atom. The summed E-state index contributed by atoms with van der Waals surface area (Å²) in [5, 5.41) is 0. The first-order valence-corrected chi connectivity index (χ1v) is 8.55. The Balaban J connectivity index is 1.63. The van der Waals surface area contributed by atoms with Crippen molar-refractivity contribution in [3.8, 4) is 0 Å². The molecule has 142 valence electrons. The van der Waals surface area contributed by atoms with Crippen LogP contribution in [0.25, 0.3) is 0 Å². The van der Waals surface area contributed by atoms with Crippen molar-refractivity contribution in [3.63, 3.8) is 0 Å². The van der Waals surface area contributed by atoms with Crippen molar-refractivity contribution in [2.75, 3.05) is 39.4 Å². The highest BCUT2D eigenvalue weighted by atomic mass is 19.4. The van der Waals surface area contributed by atoms with Gasteiger partial charge < -0.3 is 14.5 Å². The van der Waals surface area contributed by atoms with Crippen LogP contribution in [-0.2, 0) is 15.7 Å². The van der Waals surface area contributed by atoms with Gasteiger partial charge in [0.15, 0.2) is 0 Å². The number of alkyl halides is 3. The van der Waals surface area contributed by atoms with Crippen LogP contribution < -0.4 is 0 Å². The first-order chi connectivity index (χ1) is 12.4. The maximum absolute atomic E-state index is 13.1. The fraction of sp³-hybridized carbons (Fsp3) is 0.588. The topological polar surface area (TPSA) is 62.7 Å². The highest BCUT2D eigenvalue weighted by Gasteiger charge is 2.38. The zero-order chi connectivity index (χ0) is 18.7. The Labute approximate surface area is 148 Å². The molecular weight excluding hydrogens is 351 g/mol. The molecule has 0 saturated carbocycles. The number of piperidine rings is 1. The molecule has 3 rings (SSSR count). The molecule has 0 aromatic carbocycles. The molecule has 3 heterocycles. The average molecular weight is 371 g/mol. The van der Waals surface area contributed by atoms with Crippen molar-refractivity contribution in [1.29, 1.82) is 0 Å². The van der Waals surface area contributed by atoms with E-state index in [0.29, 0.717) is 45.3 Å². The van der Waals surface area contributed by atoms with Gasteiger partial charge in [0, 0.05) is 44.5 Å². The Bertz CT molecular complexity index is 667. The van der Waals surface area contributed by atoms with E-state index in [0.717, 1.165) is 6.07 Å². The molecular formula is C17H20F3N3O3. The van der Waals surface area contributed by atoms with Gasteiger partial charge in [-0.25, -0.2) is 0 Å². The maximum Gasteiger partial charge on any atom is 0.418 e. The molecule has 6 nitrogen and oxygen atoms in total. The lowest BCUT2D eigenvalue weighted by Crippen LogP contribution is -2.47. The fourth-order valence-electron chi connectivity index (χ4n) is 3.35. The van der Waals surface area contributed by atoms with Crippen molar-refractivity contribution in [3.05, 3.63) is 29.6 Å². The fourth-order valence-corrected chi connectivity index (χ4v) is 3.35. The van der Waals surface area contributed by atoms with Gasteiger partial charge in [-0.05, 0) is 18.9 Å². The van der Waals surface area contributed by atoms with E-state index in [1.807, 2.05) is 0 Å². The highest BCUT2D eigenvalue weighted by molar-refractivity contribution is 5.96. The minimum absolute atomic E-state index is 0.0419. The lowest BCUT2D eigenvalue weighted by molar-refractivity contribution is -0.141. The lowest BCUT2D eigenvalue weighted by Gasteiger charge is -2.35. The third kappa shape index (κ3) is 3.98. The normalized spacial score (nSPS) is 19.5. The average Bonchev–Trinajstić information content (AvgIpc) is 2.67. The van der Waals surface area contributed by atoms with E-state index in [2.05, 4.69) is 4.98 Å². The summed E-state index contributed by atoms with van der Waals surface area (Å²) in [5.41, 5.74) is -1.43. The van der Waals surface area contributed by atoms with Gasteiger partial charge in [0.1, 0.15) is 0 Å². The predicted molar refractivity (Wildman–Crippen MR) is 85.3 cm³/mol. The number of nitrogens with zero attached hydrogens (tertiary/aromatic N) is 3. The summed E-state index contributed by atoms with van der Waals surface area (Å²) in [6.07, 6.45) is -1.88. The second kappa shape index (κ2) is 7.61. The van der Waals surface area contributed by atoms with Gasteiger partial charge in [-0.3, -0.25) is 14.6 Å². The van der Waals surface area contributed by atoms with Crippen molar-refractivity contribution in [2.45, 2.75) is 19.0 Å². The molecule has 0 N–H and O–H groups in total. The molecule has 0 radical (unpaired) electrons. The number of hydrogen-bond acceptors (Lipinski definition) is 4. The summed E-state index contributed by atoms with van der Waals surface area (Å²) < 4.78 is 44.5. The van der Waals surface area contributed by atoms with Crippen molar-refractivity contribution in [1.82, 2.24) is 14.8 Å². The van der Waals surface area contributed by atoms with Crippen molar-refractivity contribution in [2.24, 2.45) is 5.92 Å². The lowest BCUT2D eigenvalue weighted by atomic mass is 9.94. The Kier molecular flexibility index (Phi) is 5.45. The largest absolute Gasteiger partial charge is 0.418 e. The van der Waals surface area contributed by atoms with Gasteiger partial charge >= 0.3 is 6.18 Å². The first kappa shape index (κ1) is 18.6. The van der Waals surface area contributed by atoms with Crippen LogP contribution in [0.4, 0.5) is 13.2 Å². The summed E-state index contributed by atoms with van der Waals surface area (Å²) >= 11 is 0. The number of hydrogen-bond donors (Lipinski definition) is 0. The molecule has 0 aliphatic carbocycles. The van der Waals surface area contributed by atoms with E-state index in [-0.39, 0.29) is 24.9 Å². The van der Waals surface area contributed by atoms with Crippen LogP contribution in [0.15, 0.2) is 18.5 Å². The molecule has 0 bridgehead atoms. The third-order valence-electron chi connectivity index (χ3n) is 4.81. The number of carbonyl (C=O) groups is 2. The Morgan fingerprint density at radius 2 is 1.73 bits per heavy atom. The van der Waals surface area contributed by atoms with Crippen LogP contribution >= 0.6 is 0 Å². The summed E-state index contributed by atoms with van der Waals surface area (Å²) in [6.45, 7) is 2.68. The molecule has 2 fully saturated rings. The highest BCUT2D eigenvalue weighted by Crippen LogP contribution is 2.32. The Hall–Kier alpha value is -2.16. The molecule has 26 heavy (non-hydrogen) atoms. The third-order valence-corrected chi connectivity index (χ3v) is 4.81. The number of aromatic nitrogens is 1. The van der Waals surface area contributed by atoms with Gasteiger partial charge in [-0.2, -0.15) is 13.2 Å². The number of rotatable bonds is 2. The van der Waals surface area contributed by atoms with Crippen LogP contribution in [0.3, 0.4) is 0 Å². The van der Waals surface area contributed by atoms with Gasteiger partial charge in [-0.1, -0.05) is 0 Å². The summed E-state index contributed by atoms with van der Waals surface area (Å²) in [5.74, 6) is -0.825. The summed E-state index contributed by atoms with van der Waals surface area (Å²) in [6, 6.07) is 1.09. The molecule has 1 aromatic heterocycles. The smallest absolute Gasteiger partial charge is 0.378 e. The molecule has 2 saturated heterocycles. The van der Waals surface area contributed by atoms with E-state index < -0.39 is 23.2 Å². The van der Waals surface area contributed by atoms with E-state index >= 15 is 0 Å². The second-order valence-electron chi connectivity index (χ2n) is 6.42. The quantitative estimate of drug-likeness (QED) is 0.796. The number of likely N-dealkylation sites (tertiary alicyclic amines) is 1. The molecule has 1 aromatic rings. The Morgan fingerprint density at radius 1 is 1.08 bits per heavy atom. The van der Waals surface area contributed by atoms with E-state index in [1.54, 1.807) is 4.90 Å². The van der Waals surface area contributed by atoms with Crippen LogP contribution in [-0.4, -0.2) is 66.0 Å². The van der Waals surface area contributed by atoms with Gasteiger partial charge in [0.25, 0.3) is 5.91 Å². The van der Waals surface area contributed by atoms with Crippen LogP contribution in [0.1, 0.15) is 28.8 Å². The standard InChI is InChI=1S/C17H20F3N3O3/c18-17(19,20)14-11-21-4-1-13(14)16(25)22-5-2-12(3-6-22)15(24)23-7-9-26-10-8-23/h1,4,11-12H,2-3,5-10H2. The summed E-state index contributed by atoms with van der Waals surface area (Å²) in [4.78, 5) is 31.6. The number of morpholine rings is 1. The molecule has 0 atom stereocenters. The first-order valence-electron chi connectivity index (χ1n) is 8.55. The van der Waals surface area contributed by atoms with E-state index in [9.17, 15) is 22.8 Å². The van der Waals surface area contributed by atoms with Crippen LogP contribution in [0.5, 0.6) is 0 Å². The number of amides is 2. The van der Waals surface area contributed by atoms with E-state index in [4.69, 9.17) is 4.74 Å². The van der Waals surface area contributed by atoms with Crippen LogP contribution in [0, 0.1) is 5.92 Å². The number of ether oxygens (including phenoxy) is 1. The second-order valence-corrected chi connectivity index (χ2v) is 6.42. The van der Waals surface area contributed by atoms with Crippen molar-refractivity contribution >= 4 is 11.8 Å². The number of pyridine rings is 1. The van der Waals surface area contributed by atoms with Crippen molar-refractivity contribution < 1.29 is 27.5 Å². The minimum atomic E-state index is -4.64. The zero-order valence-electron chi connectivity index (χ0n) is 14.2. The predicted octanol–water partition coefficient (Wildman–Crippen LogP) is 1.81. The van der Waals surface area contributed by atoms with Gasteiger partial charge in [0.2, 0.25) is 5.91 Å². The zero-order valence-corrected chi connectivity index (χ0v) is 14.2. The monoisotopic (exact) mass is 371 g/mol. The van der Waals surface area contributed by atoms with Gasteiger partial charge in [0.05, 0.1) is 24.3 Å². The molecule has 2 aliphatic rings. The summed E-state index contributed by atoms with van der Waals surface area (Å²) in [7, 11) is 0. The minimum Gasteiger partial charge on any atom is -0.378 e. The maximum atomic E-state index is 13.1. The number of carbonyl (C=O) groups excluding carboxylic acids is 2. The van der Waals surface area contributed by atoms with Gasteiger partial charge in [-0.15, -0.1) is 0 Å².